The molecule has 1 amide bonds. The maximum absolute atomic E-state index is 13.2. The summed E-state index contributed by atoms with van der Waals surface area (Å²) in [5.41, 5.74) is -1.50. The number of amides is 1. The normalized spacial score (nSPS) is 14.3. The molecule has 0 radical (unpaired) electrons. The van der Waals surface area contributed by atoms with Crippen LogP contribution in [-0.2, 0) is 30.5 Å². The predicted molar refractivity (Wildman–Crippen MR) is 122 cm³/mol. The van der Waals surface area contributed by atoms with Gasteiger partial charge in [-0.1, -0.05) is 13.3 Å². The SMILES string of the molecule is CCCc1cc2c(N3CCn4c(nnc4C(F)(F)F)C3)nc(OCCNC(=O)C(C)(C)O)nc2s1. The molecule has 1 aliphatic heterocycles. The van der Waals surface area contributed by atoms with Crippen LogP contribution in [0, 0.1) is 0 Å². The third-order valence-corrected chi connectivity index (χ3v) is 6.47. The second-order valence-corrected chi connectivity index (χ2v) is 9.80. The topological polar surface area (TPSA) is 118 Å². The number of hydrogen-bond donors (Lipinski definition) is 2. The molecule has 0 spiro atoms. The second-order valence-electron chi connectivity index (χ2n) is 8.69. The average Bonchev–Trinajstić information content (AvgIpc) is 3.38. The van der Waals surface area contributed by atoms with E-state index in [4.69, 9.17) is 4.74 Å². The van der Waals surface area contributed by atoms with Gasteiger partial charge in [-0.05, 0) is 26.3 Å². The lowest BCUT2D eigenvalue weighted by atomic mass is 10.1. The first kappa shape index (κ1) is 25.1. The monoisotopic (exact) mass is 513 g/mol. The summed E-state index contributed by atoms with van der Waals surface area (Å²) in [7, 11) is 0. The van der Waals surface area contributed by atoms with Crippen molar-refractivity contribution in [3.05, 3.63) is 22.6 Å². The van der Waals surface area contributed by atoms with Gasteiger partial charge in [0.25, 0.3) is 5.91 Å². The fourth-order valence-electron chi connectivity index (χ4n) is 3.68. The fraction of sp³-hybridized carbons (Fsp3) is 0.571. The van der Waals surface area contributed by atoms with Crippen LogP contribution in [0.2, 0.25) is 0 Å². The Kier molecular flexibility index (Phi) is 6.86. The van der Waals surface area contributed by atoms with Gasteiger partial charge in [-0.25, -0.2) is 0 Å². The van der Waals surface area contributed by atoms with E-state index in [1.54, 1.807) is 0 Å². The summed E-state index contributed by atoms with van der Waals surface area (Å²) < 4.78 is 46.4. The Morgan fingerprint density at radius 1 is 1.26 bits per heavy atom. The molecule has 0 bridgehead atoms. The smallest absolute Gasteiger partial charge is 0.451 e. The molecule has 1 aliphatic rings. The van der Waals surface area contributed by atoms with Gasteiger partial charge >= 0.3 is 12.2 Å². The Bertz CT molecular complexity index is 1220. The van der Waals surface area contributed by atoms with E-state index in [2.05, 4.69) is 32.4 Å². The molecule has 0 atom stereocenters. The van der Waals surface area contributed by atoms with Gasteiger partial charge in [0, 0.05) is 18.0 Å². The van der Waals surface area contributed by atoms with Crippen molar-refractivity contribution in [2.45, 2.75) is 58.5 Å². The van der Waals surface area contributed by atoms with Gasteiger partial charge in [0.2, 0.25) is 5.82 Å². The number of aliphatic hydroxyl groups is 1. The molecule has 0 unspecified atom stereocenters. The average molecular weight is 514 g/mol. The first-order valence-electron chi connectivity index (χ1n) is 11.2. The summed E-state index contributed by atoms with van der Waals surface area (Å²) >= 11 is 1.51. The predicted octanol–water partition coefficient (Wildman–Crippen LogP) is 2.54. The van der Waals surface area contributed by atoms with Crippen LogP contribution in [0.5, 0.6) is 6.01 Å². The summed E-state index contributed by atoms with van der Waals surface area (Å²) in [6.45, 7) is 5.50. The van der Waals surface area contributed by atoms with Crippen LogP contribution in [0.3, 0.4) is 0 Å². The lowest BCUT2D eigenvalue weighted by molar-refractivity contribution is -0.147. The number of rotatable bonds is 8. The highest BCUT2D eigenvalue weighted by atomic mass is 32.1. The van der Waals surface area contributed by atoms with Crippen molar-refractivity contribution in [2.75, 3.05) is 24.6 Å². The van der Waals surface area contributed by atoms with Gasteiger partial charge in [0.1, 0.15) is 22.9 Å². The summed E-state index contributed by atoms with van der Waals surface area (Å²) in [6.07, 6.45) is -2.75. The van der Waals surface area contributed by atoms with E-state index in [0.29, 0.717) is 10.6 Å². The molecule has 10 nitrogen and oxygen atoms in total. The Morgan fingerprint density at radius 3 is 2.71 bits per heavy atom. The zero-order chi connectivity index (χ0) is 25.4. The quantitative estimate of drug-likeness (QED) is 0.441. The molecule has 4 heterocycles. The number of halogens is 3. The Hall–Kier alpha value is -3.00. The number of nitrogens with one attached hydrogen (secondary N) is 1. The van der Waals surface area contributed by atoms with Crippen LogP contribution in [0.1, 0.15) is 43.7 Å². The number of anilines is 1. The van der Waals surface area contributed by atoms with Crippen LogP contribution >= 0.6 is 11.3 Å². The summed E-state index contributed by atoms with van der Waals surface area (Å²) in [4.78, 5) is 24.5. The molecular weight excluding hydrogens is 487 g/mol. The number of nitrogens with zero attached hydrogens (tertiary/aromatic N) is 6. The molecule has 0 aromatic carbocycles. The van der Waals surface area contributed by atoms with Crippen LogP contribution in [-0.4, -0.2) is 61.0 Å². The van der Waals surface area contributed by atoms with Crippen molar-refractivity contribution >= 4 is 33.3 Å². The van der Waals surface area contributed by atoms with Crippen molar-refractivity contribution in [1.82, 2.24) is 30.0 Å². The minimum Gasteiger partial charge on any atom is -0.462 e. The van der Waals surface area contributed by atoms with Crippen molar-refractivity contribution in [3.8, 4) is 6.01 Å². The first-order valence-corrected chi connectivity index (χ1v) is 12.0. The number of carbonyl (C=O) groups excluding carboxylic acids is 1. The van der Waals surface area contributed by atoms with Gasteiger partial charge in [-0.15, -0.1) is 21.5 Å². The van der Waals surface area contributed by atoms with Crippen LogP contribution < -0.4 is 15.0 Å². The highest BCUT2D eigenvalue weighted by molar-refractivity contribution is 7.18. The molecule has 3 aromatic rings. The van der Waals surface area contributed by atoms with Crippen molar-refractivity contribution in [1.29, 1.82) is 0 Å². The highest BCUT2D eigenvalue weighted by Gasteiger charge is 2.39. The van der Waals surface area contributed by atoms with E-state index in [-0.39, 0.29) is 44.6 Å². The highest BCUT2D eigenvalue weighted by Crippen LogP contribution is 2.35. The number of thiophene rings is 1. The molecule has 4 rings (SSSR count). The summed E-state index contributed by atoms with van der Waals surface area (Å²) in [6, 6.07) is 2.10. The Balaban J connectivity index is 1.57. The van der Waals surface area contributed by atoms with Crippen LogP contribution in [0.15, 0.2) is 6.07 Å². The molecule has 14 heteroatoms. The second kappa shape index (κ2) is 9.57. The van der Waals surface area contributed by atoms with Crippen molar-refractivity contribution in [3.63, 3.8) is 0 Å². The number of ether oxygens (including phenoxy) is 1. The lowest BCUT2D eigenvalue weighted by Crippen LogP contribution is -2.43. The van der Waals surface area contributed by atoms with E-state index < -0.39 is 23.5 Å². The number of fused-ring (bicyclic) bond motifs is 2. The molecule has 0 fully saturated rings. The van der Waals surface area contributed by atoms with Crippen LogP contribution in [0.4, 0.5) is 19.0 Å². The number of aryl methyl sites for hydroxylation is 1. The molecule has 0 aliphatic carbocycles. The van der Waals surface area contributed by atoms with E-state index in [1.807, 2.05) is 11.0 Å². The van der Waals surface area contributed by atoms with Crippen LogP contribution in [0.25, 0.3) is 10.2 Å². The lowest BCUT2D eigenvalue weighted by Gasteiger charge is -2.29. The third kappa shape index (κ3) is 5.48. The molecule has 35 heavy (non-hydrogen) atoms. The van der Waals surface area contributed by atoms with Gasteiger partial charge in [0.05, 0.1) is 18.5 Å². The van der Waals surface area contributed by atoms with E-state index >= 15 is 0 Å². The summed E-state index contributed by atoms with van der Waals surface area (Å²) in [5, 5.41) is 20.2. The fourth-order valence-corrected chi connectivity index (χ4v) is 4.80. The molecule has 3 aromatic heterocycles. The molecule has 2 N–H and O–H groups in total. The number of carbonyl (C=O) groups is 1. The van der Waals surface area contributed by atoms with Crippen molar-refractivity contribution in [2.24, 2.45) is 0 Å². The molecule has 0 saturated carbocycles. The number of hydrogen-bond acceptors (Lipinski definition) is 9. The van der Waals surface area contributed by atoms with E-state index in [1.165, 1.54) is 25.2 Å². The van der Waals surface area contributed by atoms with Crippen molar-refractivity contribution < 1.29 is 27.8 Å². The molecular formula is C21H26F3N7O3S. The Labute approximate surface area is 203 Å². The van der Waals surface area contributed by atoms with E-state index in [9.17, 15) is 23.1 Å². The van der Waals surface area contributed by atoms with E-state index in [0.717, 1.165) is 27.7 Å². The van der Waals surface area contributed by atoms with Gasteiger partial charge in [0.15, 0.2) is 5.82 Å². The maximum atomic E-state index is 13.2. The summed E-state index contributed by atoms with van der Waals surface area (Å²) in [5.74, 6) is -0.780. The Morgan fingerprint density at radius 2 is 2.03 bits per heavy atom. The minimum atomic E-state index is -4.57. The third-order valence-electron chi connectivity index (χ3n) is 5.38. The maximum Gasteiger partial charge on any atom is 0.451 e. The zero-order valence-electron chi connectivity index (χ0n) is 19.5. The van der Waals surface area contributed by atoms with Gasteiger partial charge < -0.3 is 24.6 Å². The van der Waals surface area contributed by atoms with Gasteiger partial charge in [-0.3, -0.25) is 4.79 Å². The largest absolute Gasteiger partial charge is 0.462 e. The minimum absolute atomic E-state index is 0.0633. The molecule has 190 valence electrons. The van der Waals surface area contributed by atoms with Gasteiger partial charge in [-0.2, -0.15) is 23.1 Å². The zero-order valence-corrected chi connectivity index (χ0v) is 20.3. The number of aromatic nitrogens is 5. The standard InChI is InChI=1S/C21H26F3N7O3S/c1-4-5-12-10-13-15(30-7-8-31-14(11-30)28-29-17(31)21(22,23)24)26-19(27-16(13)35-12)34-9-6-25-18(32)20(2,3)33/h10,33H,4-9,11H2,1-3H3,(H,25,32). The number of alkyl halides is 3. The first-order chi connectivity index (χ1) is 16.5. The molecule has 0 saturated heterocycles.